The van der Waals surface area contributed by atoms with Crippen LogP contribution in [0.2, 0.25) is 72.5 Å². The predicted octanol–water partition coefficient (Wildman–Crippen LogP) is 16.8. The maximum atomic E-state index is 11.6. The Morgan fingerprint density at radius 3 is 1.42 bits per heavy atom. The number of hydrogen-bond acceptors (Lipinski definition) is 6. The molecular weight excluding hydrogens is 897 g/mol. The lowest BCUT2D eigenvalue weighted by atomic mass is 9.82. The number of aliphatic hydroxyl groups excluding tert-OH is 1. The Bertz CT molecular complexity index is 1600. The van der Waals surface area contributed by atoms with Crippen molar-refractivity contribution in [1.29, 1.82) is 0 Å². The van der Waals surface area contributed by atoms with E-state index >= 15 is 0 Å². The van der Waals surface area contributed by atoms with Crippen molar-refractivity contribution in [2.75, 3.05) is 0 Å². The van der Waals surface area contributed by atoms with Crippen LogP contribution in [-0.2, 0) is 22.5 Å². The molecule has 0 rings (SSSR count). The lowest BCUT2D eigenvalue weighted by molar-refractivity contribution is -0.131. The van der Waals surface area contributed by atoms with Crippen molar-refractivity contribution < 1.29 is 32.7 Å². The first-order valence-electron chi connectivity index (χ1n) is 25.9. The number of allylic oxidation sites excluding steroid dienone is 4. The first-order chi connectivity index (χ1) is 29.9. The summed E-state index contributed by atoms with van der Waals surface area (Å²) in [7, 11) is -8.74. The zero-order chi connectivity index (χ0) is 52.9. The summed E-state index contributed by atoms with van der Waals surface area (Å²) in [5, 5.41) is 21.0. The standard InChI is InChI=1S/C56H110O7Si4/c1-28-29-32-43(4)51(59)46(7)48(61-65(22,23)54(11,12)13)38-35-41(2)39-45(6)52(63-67(26,27)56(17,18)19)44(5)36-37-47(60-64(20,21)53(8,9)10)40-49(62-66(24,25)55(14,15)16)42(3)33-30-31-34-50(57)58/h28-34,36-37,41-49,51-52,59H,1,35,38-40H2,2-27H3,(H,57,58)/b32-29-,33-30+,34-31-,37-36-/t41-,42+,43-,44-,45-,46-,47-,48+,49-,51-,52-/m0/s1. The highest BCUT2D eigenvalue weighted by Gasteiger charge is 2.45. The molecule has 0 aliphatic rings. The first kappa shape index (κ1) is 65.8. The molecule has 11 heteroatoms. The van der Waals surface area contributed by atoms with Crippen LogP contribution < -0.4 is 0 Å². The van der Waals surface area contributed by atoms with Gasteiger partial charge in [-0.25, -0.2) is 4.79 Å². The van der Waals surface area contributed by atoms with Gasteiger partial charge in [0.25, 0.3) is 0 Å². The van der Waals surface area contributed by atoms with E-state index in [1.165, 1.54) is 6.08 Å². The van der Waals surface area contributed by atoms with Crippen molar-refractivity contribution in [2.45, 2.75) is 253 Å². The number of rotatable bonds is 28. The molecule has 0 aliphatic carbocycles. The number of carboxylic acids is 1. The summed E-state index contributed by atoms with van der Waals surface area (Å²) in [6.45, 7) is 63.6. The molecule has 7 nitrogen and oxygen atoms in total. The quantitative estimate of drug-likeness (QED) is 0.0349. The van der Waals surface area contributed by atoms with Gasteiger partial charge in [0.1, 0.15) is 0 Å². The molecule has 0 aromatic heterocycles. The molecule has 392 valence electrons. The Kier molecular flexibility index (Phi) is 26.0. The highest BCUT2D eigenvalue weighted by Crippen LogP contribution is 2.44. The van der Waals surface area contributed by atoms with Crippen LogP contribution in [0.1, 0.15) is 150 Å². The molecule has 0 heterocycles. The Hall–Kier alpha value is -1.16. The van der Waals surface area contributed by atoms with E-state index in [0.717, 1.165) is 19.3 Å². The third kappa shape index (κ3) is 22.0. The fourth-order valence-corrected chi connectivity index (χ4v) is 13.1. The molecule has 0 fully saturated rings. The van der Waals surface area contributed by atoms with Gasteiger partial charge in [-0.2, -0.15) is 0 Å². The summed E-state index contributed by atoms with van der Waals surface area (Å²) in [6.07, 6.45) is 19.9. The number of aliphatic hydroxyl groups is 1. The lowest BCUT2D eigenvalue weighted by Gasteiger charge is -2.44. The van der Waals surface area contributed by atoms with Crippen LogP contribution in [0.25, 0.3) is 0 Å². The fourth-order valence-electron chi connectivity index (χ4n) is 7.43. The van der Waals surface area contributed by atoms with Crippen molar-refractivity contribution in [3.8, 4) is 0 Å². The molecule has 0 amide bonds. The number of carboxylic acid groups (broad SMARTS) is 1. The predicted molar refractivity (Wildman–Crippen MR) is 302 cm³/mol. The number of hydrogen-bond donors (Lipinski definition) is 2. The monoisotopic (exact) mass is 1010 g/mol. The second kappa shape index (κ2) is 26.5. The molecule has 0 radical (unpaired) electrons. The summed E-state index contributed by atoms with van der Waals surface area (Å²) in [6, 6.07) is 0. The minimum absolute atomic E-state index is 0.00525. The van der Waals surface area contributed by atoms with Gasteiger partial charge in [0, 0.05) is 24.3 Å². The average molecular weight is 1010 g/mol. The number of carbonyl (C=O) groups is 1. The van der Waals surface area contributed by atoms with E-state index in [-0.39, 0.29) is 74.2 Å². The van der Waals surface area contributed by atoms with E-state index in [1.54, 1.807) is 12.2 Å². The van der Waals surface area contributed by atoms with Crippen LogP contribution in [-0.4, -0.2) is 80.0 Å². The largest absolute Gasteiger partial charge is 0.478 e. The molecule has 0 spiro atoms. The van der Waals surface area contributed by atoms with Gasteiger partial charge >= 0.3 is 5.97 Å². The second-order valence-corrected chi connectivity index (χ2v) is 45.8. The Balaban J connectivity index is 7.20. The first-order valence-corrected chi connectivity index (χ1v) is 37.5. The smallest absolute Gasteiger partial charge is 0.328 e. The molecule has 2 N–H and O–H groups in total. The second-order valence-electron chi connectivity index (χ2n) is 26.7. The van der Waals surface area contributed by atoms with Gasteiger partial charge < -0.3 is 27.9 Å². The Labute approximate surface area is 420 Å². The van der Waals surface area contributed by atoms with E-state index in [1.807, 2.05) is 18.2 Å². The molecule has 67 heavy (non-hydrogen) atoms. The Morgan fingerprint density at radius 2 is 0.970 bits per heavy atom. The van der Waals surface area contributed by atoms with E-state index < -0.39 is 45.3 Å². The fraction of sp³-hybridized carbons (Fsp3) is 0.804. The summed E-state index contributed by atoms with van der Waals surface area (Å²) >= 11 is 0. The van der Waals surface area contributed by atoms with Gasteiger partial charge in [-0.1, -0.05) is 180 Å². The highest BCUT2D eigenvalue weighted by atomic mass is 28.4. The van der Waals surface area contributed by atoms with Crippen LogP contribution in [0.5, 0.6) is 0 Å². The molecule has 0 saturated carbocycles. The van der Waals surface area contributed by atoms with Crippen LogP contribution in [0.15, 0.2) is 61.3 Å². The van der Waals surface area contributed by atoms with Gasteiger partial charge in [-0.15, -0.1) is 0 Å². The van der Waals surface area contributed by atoms with Crippen molar-refractivity contribution in [1.82, 2.24) is 0 Å². The van der Waals surface area contributed by atoms with Crippen LogP contribution in [0.4, 0.5) is 0 Å². The zero-order valence-corrected chi connectivity index (χ0v) is 52.5. The molecule has 0 bridgehead atoms. The van der Waals surface area contributed by atoms with Gasteiger partial charge in [0.15, 0.2) is 33.3 Å². The summed E-state index contributed by atoms with van der Waals surface area (Å²) in [5.41, 5.74) is 0. The SMILES string of the molecule is C=C/C=C\[C@H](C)[C@H](O)[C@@H](C)[C@@H](CC[C@H](C)C[C@H](C)[C@@H](O[Si](C)(C)C(C)(C)C)[C@@H](C)/C=C\[C@@H](C[C@H](O[Si](C)(C)C(C)(C)C)[C@H](C)/C=C/C=C\C(=O)O)O[Si](C)(C)C(C)(C)C)O[Si](C)(C)C(C)(C)C. The molecule has 0 aliphatic heterocycles. The Morgan fingerprint density at radius 1 is 0.537 bits per heavy atom. The van der Waals surface area contributed by atoms with Crippen molar-refractivity contribution in [2.24, 2.45) is 35.5 Å². The van der Waals surface area contributed by atoms with Crippen molar-refractivity contribution in [3.63, 3.8) is 0 Å². The van der Waals surface area contributed by atoms with Crippen LogP contribution in [0.3, 0.4) is 0 Å². The maximum absolute atomic E-state index is 11.6. The zero-order valence-electron chi connectivity index (χ0n) is 48.5. The third-order valence-electron chi connectivity index (χ3n) is 16.5. The minimum atomic E-state index is -2.23. The van der Waals surface area contributed by atoms with E-state index in [2.05, 4.69) is 202 Å². The van der Waals surface area contributed by atoms with Gasteiger partial charge in [0.2, 0.25) is 0 Å². The van der Waals surface area contributed by atoms with E-state index in [9.17, 15) is 15.0 Å². The third-order valence-corrected chi connectivity index (χ3v) is 34.4. The van der Waals surface area contributed by atoms with Crippen molar-refractivity contribution in [3.05, 3.63) is 61.3 Å². The van der Waals surface area contributed by atoms with Crippen LogP contribution in [0, 0.1) is 35.5 Å². The summed E-state index contributed by atoms with van der Waals surface area (Å²) in [5.74, 6) is -0.136. The number of aliphatic carboxylic acids is 1. The minimum Gasteiger partial charge on any atom is -0.478 e. The molecule has 0 aromatic rings. The van der Waals surface area contributed by atoms with E-state index in [0.29, 0.717) is 12.3 Å². The van der Waals surface area contributed by atoms with Crippen LogP contribution >= 0.6 is 0 Å². The molecule has 0 unspecified atom stereocenters. The molecule has 11 atom stereocenters. The molecule has 0 aromatic carbocycles. The van der Waals surface area contributed by atoms with Crippen molar-refractivity contribution >= 4 is 39.2 Å². The average Bonchev–Trinajstić information content (AvgIpc) is 3.14. The maximum Gasteiger partial charge on any atom is 0.328 e. The van der Waals surface area contributed by atoms with Gasteiger partial charge in [-0.3, -0.25) is 0 Å². The van der Waals surface area contributed by atoms with Gasteiger partial charge in [-0.05, 0) is 115 Å². The lowest BCUT2D eigenvalue weighted by Crippen LogP contribution is -2.48. The topological polar surface area (TPSA) is 94.5 Å². The normalized spacial score (nSPS) is 19.6. The highest BCUT2D eigenvalue weighted by molar-refractivity contribution is 6.75. The van der Waals surface area contributed by atoms with E-state index in [4.69, 9.17) is 17.7 Å². The summed E-state index contributed by atoms with van der Waals surface area (Å²) < 4.78 is 29.2. The molecule has 0 saturated heterocycles. The summed E-state index contributed by atoms with van der Waals surface area (Å²) in [4.78, 5) is 11.3. The van der Waals surface area contributed by atoms with Gasteiger partial charge in [0.05, 0.1) is 30.5 Å². The molecular formula is C56H110O7Si4.